The van der Waals surface area contributed by atoms with Crippen molar-refractivity contribution in [3.05, 3.63) is 23.0 Å². The molecule has 5 nitrogen and oxygen atoms in total. The molecule has 0 saturated carbocycles. The Morgan fingerprint density at radius 3 is 2.78 bits per heavy atom. The van der Waals surface area contributed by atoms with Gasteiger partial charge in [0.25, 0.3) is 10.1 Å². The first kappa shape index (κ1) is 13.3. The third kappa shape index (κ3) is 2.50. The molecule has 0 spiro atoms. The Morgan fingerprint density at radius 1 is 1.44 bits per heavy atom. The molecule has 0 atom stereocenters. The van der Waals surface area contributed by atoms with Crippen LogP contribution in [0.2, 0.25) is 5.02 Å². The Bertz CT molecular complexity index is 678. The molecule has 0 aliphatic carbocycles. The number of oxazole rings is 1. The second kappa shape index (κ2) is 4.87. The van der Waals surface area contributed by atoms with E-state index in [2.05, 4.69) is 4.98 Å². The minimum absolute atomic E-state index is 0.0103. The van der Waals surface area contributed by atoms with Crippen molar-refractivity contribution < 1.29 is 17.4 Å². The maximum Gasteiger partial charge on any atom is 0.299 e. The van der Waals surface area contributed by atoms with E-state index in [1.807, 2.05) is 6.92 Å². The predicted molar refractivity (Wildman–Crippen MR) is 67.4 cm³/mol. The maximum absolute atomic E-state index is 11.3. The van der Waals surface area contributed by atoms with Crippen LogP contribution >= 0.6 is 11.6 Å². The van der Waals surface area contributed by atoms with Crippen LogP contribution in [0.1, 0.15) is 25.7 Å². The first-order valence-electron chi connectivity index (χ1n) is 5.49. The molecule has 2 aromatic rings. The lowest BCUT2D eigenvalue weighted by atomic mass is 10.2. The molecule has 2 rings (SSSR count). The number of aromatic nitrogens is 1. The summed E-state index contributed by atoms with van der Waals surface area (Å²) in [5, 5.41) is -0.0804. The minimum Gasteiger partial charge on any atom is -0.439 e. The van der Waals surface area contributed by atoms with Crippen molar-refractivity contribution in [2.24, 2.45) is 0 Å². The van der Waals surface area contributed by atoms with E-state index in [9.17, 15) is 8.42 Å². The number of nitrogens with zero attached hydrogens (tertiary/aromatic N) is 1. The van der Waals surface area contributed by atoms with E-state index in [1.54, 1.807) is 6.07 Å². The van der Waals surface area contributed by atoms with Gasteiger partial charge in [-0.05, 0) is 18.6 Å². The molecule has 1 aromatic carbocycles. The molecular weight excluding hydrogens is 278 g/mol. The van der Waals surface area contributed by atoms with E-state index in [0.717, 1.165) is 12.8 Å². The van der Waals surface area contributed by atoms with Gasteiger partial charge in [0.1, 0.15) is 5.52 Å². The highest BCUT2D eigenvalue weighted by Crippen LogP contribution is 2.30. The quantitative estimate of drug-likeness (QED) is 0.875. The Hall–Kier alpha value is -1.11. The van der Waals surface area contributed by atoms with Crippen LogP contribution in [0, 0.1) is 0 Å². The van der Waals surface area contributed by atoms with E-state index in [-0.39, 0.29) is 10.6 Å². The topological polar surface area (TPSA) is 80.4 Å². The number of halogens is 1. The zero-order chi connectivity index (χ0) is 13.3. The maximum atomic E-state index is 11.3. The van der Waals surface area contributed by atoms with E-state index in [4.69, 9.17) is 20.6 Å². The molecule has 0 fully saturated rings. The second-order valence-corrected chi connectivity index (χ2v) is 5.68. The molecule has 98 valence electrons. The molecule has 0 saturated heterocycles. The molecule has 0 aliphatic heterocycles. The van der Waals surface area contributed by atoms with Gasteiger partial charge in [0, 0.05) is 6.42 Å². The van der Waals surface area contributed by atoms with Crippen molar-refractivity contribution in [2.75, 3.05) is 0 Å². The number of fused-ring (bicyclic) bond motifs is 1. The summed E-state index contributed by atoms with van der Waals surface area (Å²) >= 11 is 5.77. The van der Waals surface area contributed by atoms with Crippen LogP contribution < -0.4 is 0 Å². The zero-order valence-electron chi connectivity index (χ0n) is 9.68. The van der Waals surface area contributed by atoms with Crippen molar-refractivity contribution in [2.45, 2.75) is 31.1 Å². The number of rotatable bonds is 4. The van der Waals surface area contributed by atoms with Gasteiger partial charge in [-0.3, -0.25) is 4.55 Å². The summed E-state index contributed by atoms with van der Waals surface area (Å²) < 4.78 is 37.1. The van der Waals surface area contributed by atoms with E-state index in [1.165, 1.54) is 6.07 Å². The molecule has 0 amide bonds. The highest BCUT2D eigenvalue weighted by molar-refractivity contribution is 7.86. The smallest absolute Gasteiger partial charge is 0.299 e. The number of hydrogen-bond acceptors (Lipinski definition) is 4. The highest BCUT2D eigenvalue weighted by Gasteiger charge is 2.22. The average Bonchev–Trinajstić information content (AvgIpc) is 2.66. The summed E-state index contributed by atoms with van der Waals surface area (Å²) in [5.74, 6) is 0.444. The lowest BCUT2D eigenvalue weighted by Crippen LogP contribution is -1.99. The number of unbranched alkanes of at least 4 members (excludes halogenated alkanes) is 1. The van der Waals surface area contributed by atoms with Crippen LogP contribution in [-0.2, 0) is 16.5 Å². The van der Waals surface area contributed by atoms with Gasteiger partial charge in [-0.25, -0.2) is 4.98 Å². The van der Waals surface area contributed by atoms with Gasteiger partial charge in [0.05, 0.1) is 5.02 Å². The van der Waals surface area contributed by atoms with Gasteiger partial charge < -0.3 is 4.42 Å². The Morgan fingerprint density at radius 2 is 2.17 bits per heavy atom. The lowest BCUT2D eigenvalue weighted by Gasteiger charge is -1.99. The highest BCUT2D eigenvalue weighted by atomic mass is 35.5. The summed E-state index contributed by atoms with van der Waals surface area (Å²) in [6.07, 6.45) is 2.49. The molecule has 0 unspecified atom stereocenters. The van der Waals surface area contributed by atoms with Crippen LogP contribution in [0.4, 0.5) is 0 Å². The average molecular weight is 290 g/mol. The predicted octanol–water partition coefficient (Wildman–Crippen LogP) is 3.07. The standard InChI is InChI=1S/C11H12ClNO4S/c1-2-3-4-9-13-8-6-5-7(12)11(10(8)17-9)18(14,15)16/h5-6H,2-4H2,1H3,(H,14,15,16). The van der Waals surface area contributed by atoms with Gasteiger partial charge in [-0.15, -0.1) is 0 Å². The monoisotopic (exact) mass is 289 g/mol. The summed E-state index contributed by atoms with van der Waals surface area (Å²) in [5.41, 5.74) is 0.384. The van der Waals surface area contributed by atoms with Crippen LogP contribution in [0.25, 0.3) is 11.1 Å². The summed E-state index contributed by atoms with van der Waals surface area (Å²) in [6, 6.07) is 2.93. The van der Waals surface area contributed by atoms with Crippen molar-refractivity contribution in [3.63, 3.8) is 0 Å². The number of hydrogen-bond donors (Lipinski definition) is 1. The lowest BCUT2D eigenvalue weighted by molar-refractivity contribution is 0.477. The SMILES string of the molecule is CCCCc1nc2ccc(Cl)c(S(=O)(=O)O)c2o1. The summed E-state index contributed by atoms with van der Waals surface area (Å²) in [4.78, 5) is 3.75. The van der Waals surface area contributed by atoms with Gasteiger partial charge in [-0.2, -0.15) is 8.42 Å². The second-order valence-electron chi connectivity index (χ2n) is 3.91. The molecule has 7 heteroatoms. The van der Waals surface area contributed by atoms with Gasteiger partial charge in [0.15, 0.2) is 16.4 Å². The van der Waals surface area contributed by atoms with Crippen LogP contribution in [0.5, 0.6) is 0 Å². The normalized spacial score (nSPS) is 12.2. The van der Waals surface area contributed by atoms with Crippen molar-refractivity contribution in [1.29, 1.82) is 0 Å². The first-order chi connectivity index (χ1) is 8.43. The zero-order valence-corrected chi connectivity index (χ0v) is 11.3. The van der Waals surface area contributed by atoms with Gasteiger partial charge >= 0.3 is 0 Å². The third-order valence-electron chi connectivity index (χ3n) is 2.51. The third-order valence-corrected chi connectivity index (χ3v) is 3.86. The molecule has 18 heavy (non-hydrogen) atoms. The van der Waals surface area contributed by atoms with Crippen molar-refractivity contribution in [1.82, 2.24) is 4.98 Å². The molecule has 0 radical (unpaired) electrons. The summed E-state index contributed by atoms with van der Waals surface area (Å²) in [6.45, 7) is 2.03. The first-order valence-corrected chi connectivity index (χ1v) is 7.30. The van der Waals surface area contributed by atoms with E-state index < -0.39 is 15.0 Å². The molecule has 1 heterocycles. The van der Waals surface area contributed by atoms with Crippen LogP contribution in [-0.4, -0.2) is 18.0 Å². The number of aryl methyl sites for hydroxylation is 1. The minimum atomic E-state index is -4.43. The van der Waals surface area contributed by atoms with Crippen LogP contribution in [0.3, 0.4) is 0 Å². The molecule has 0 bridgehead atoms. The fourth-order valence-corrected chi connectivity index (χ4v) is 2.80. The Kier molecular flexibility index (Phi) is 3.61. The number of benzene rings is 1. The molecule has 0 aliphatic rings. The van der Waals surface area contributed by atoms with Crippen molar-refractivity contribution >= 4 is 32.8 Å². The van der Waals surface area contributed by atoms with Crippen molar-refractivity contribution in [3.8, 4) is 0 Å². The fourth-order valence-electron chi connectivity index (χ4n) is 1.67. The molecular formula is C11H12ClNO4S. The fraction of sp³-hybridized carbons (Fsp3) is 0.364. The van der Waals surface area contributed by atoms with E-state index >= 15 is 0 Å². The van der Waals surface area contributed by atoms with E-state index in [0.29, 0.717) is 17.8 Å². The van der Waals surface area contributed by atoms with Gasteiger partial charge in [-0.1, -0.05) is 24.9 Å². The van der Waals surface area contributed by atoms with Crippen LogP contribution in [0.15, 0.2) is 21.4 Å². The summed E-state index contributed by atoms with van der Waals surface area (Å²) in [7, 11) is -4.43. The largest absolute Gasteiger partial charge is 0.439 e. The molecule has 1 aromatic heterocycles. The Labute approximate surface area is 110 Å². The van der Waals surface area contributed by atoms with Gasteiger partial charge in [0.2, 0.25) is 0 Å². The Balaban J connectivity index is 2.62. The molecule has 1 N–H and O–H groups in total.